The Balaban J connectivity index is 4.18. The van der Waals surface area contributed by atoms with E-state index in [1.54, 1.807) is 0 Å². The zero-order valence-electron chi connectivity index (χ0n) is 6.96. The number of hydrogen-bond acceptors (Lipinski definition) is 3. The third-order valence-corrected chi connectivity index (χ3v) is 4.10. The summed E-state index contributed by atoms with van der Waals surface area (Å²) in [5, 5.41) is 0. The molecule has 0 aliphatic carbocycles. The highest BCUT2D eigenvalue weighted by atomic mass is 31.2. The second-order valence-electron chi connectivity index (χ2n) is 2.16. The molecule has 0 rings (SSSR count). The Morgan fingerprint density at radius 1 is 1.40 bits per heavy atom. The Labute approximate surface area is 62.3 Å². The summed E-state index contributed by atoms with van der Waals surface area (Å²) in [6.45, 7) is 3.81. The Kier molecular flexibility index (Phi) is 4.18. The lowest BCUT2D eigenvalue weighted by Crippen LogP contribution is -2.04. The molecular formula is C6H15O3P. The topological polar surface area (TPSA) is 35.5 Å². The highest BCUT2D eigenvalue weighted by Crippen LogP contribution is 2.52. The van der Waals surface area contributed by atoms with Crippen LogP contribution in [0.1, 0.15) is 20.3 Å². The van der Waals surface area contributed by atoms with Crippen molar-refractivity contribution in [2.24, 2.45) is 0 Å². The predicted octanol–water partition coefficient (Wildman–Crippen LogP) is 2.27. The highest BCUT2D eigenvalue weighted by molar-refractivity contribution is 7.54. The van der Waals surface area contributed by atoms with E-state index in [0.29, 0.717) is 0 Å². The molecule has 0 radical (unpaired) electrons. The van der Waals surface area contributed by atoms with Crippen LogP contribution in [0.4, 0.5) is 0 Å². The van der Waals surface area contributed by atoms with E-state index in [0.717, 1.165) is 6.42 Å². The molecule has 62 valence electrons. The maximum Gasteiger partial charge on any atom is 0.332 e. The van der Waals surface area contributed by atoms with Crippen molar-refractivity contribution in [3.8, 4) is 0 Å². The minimum Gasteiger partial charge on any atom is -0.312 e. The van der Waals surface area contributed by atoms with Crippen LogP contribution in [0.15, 0.2) is 0 Å². The van der Waals surface area contributed by atoms with Gasteiger partial charge in [-0.25, -0.2) is 0 Å². The van der Waals surface area contributed by atoms with Gasteiger partial charge in [-0.2, -0.15) is 0 Å². The fourth-order valence-electron chi connectivity index (χ4n) is 0.658. The summed E-state index contributed by atoms with van der Waals surface area (Å²) < 4.78 is 21.0. The van der Waals surface area contributed by atoms with Crippen LogP contribution in [0.25, 0.3) is 0 Å². The van der Waals surface area contributed by atoms with Gasteiger partial charge in [0.15, 0.2) is 0 Å². The summed E-state index contributed by atoms with van der Waals surface area (Å²) in [6, 6.07) is 0. The molecule has 0 aliphatic rings. The molecule has 4 heteroatoms. The van der Waals surface area contributed by atoms with Gasteiger partial charge < -0.3 is 9.05 Å². The second-order valence-corrected chi connectivity index (χ2v) is 4.85. The van der Waals surface area contributed by atoms with Gasteiger partial charge in [-0.1, -0.05) is 13.8 Å². The number of hydrogen-bond donors (Lipinski definition) is 0. The molecule has 0 aromatic rings. The third-order valence-electron chi connectivity index (χ3n) is 1.64. The lowest BCUT2D eigenvalue weighted by atomic mass is 10.4. The van der Waals surface area contributed by atoms with E-state index in [4.69, 9.17) is 9.05 Å². The Morgan fingerprint density at radius 3 is 1.90 bits per heavy atom. The van der Waals surface area contributed by atoms with Crippen LogP contribution in [-0.4, -0.2) is 19.9 Å². The molecule has 0 aromatic heterocycles. The van der Waals surface area contributed by atoms with Gasteiger partial charge in [0, 0.05) is 14.2 Å². The molecule has 1 unspecified atom stereocenters. The second kappa shape index (κ2) is 4.12. The summed E-state index contributed by atoms with van der Waals surface area (Å²) in [5.74, 6) is 0. The lowest BCUT2D eigenvalue weighted by molar-refractivity contribution is 0.266. The van der Waals surface area contributed by atoms with Crippen molar-refractivity contribution in [3.05, 3.63) is 0 Å². The van der Waals surface area contributed by atoms with Gasteiger partial charge in [0.2, 0.25) is 0 Å². The molecule has 0 heterocycles. The van der Waals surface area contributed by atoms with Crippen molar-refractivity contribution in [1.29, 1.82) is 0 Å². The largest absolute Gasteiger partial charge is 0.332 e. The summed E-state index contributed by atoms with van der Waals surface area (Å²) in [7, 11) is 0.0541. The van der Waals surface area contributed by atoms with Gasteiger partial charge in [0.1, 0.15) is 0 Å². The van der Waals surface area contributed by atoms with Crippen LogP contribution in [0.5, 0.6) is 0 Å². The van der Waals surface area contributed by atoms with Crippen LogP contribution >= 0.6 is 7.60 Å². The zero-order valence-corrected chi connectivity index (χ0v) is 7.85. The minimum atomic E-state index is -2.77. The molecule has 0 bridgehead atoms. The molecule has 0 saturated heterocycles. The molecule has 1 atom stereocenters. The fraction of sp³-hybridized carbons (Fsp3) is 1.00. The molecule has 0 aliphatic heterocycles. The maximum absolute atomic E-state index is 11.4. The van der Waals surface area contributed by atoms with Gasteiger partial charge in [0.25, 0.3) is 0 Å². The maximum atomic E-state index is 11.4. The molecule has 0 N–H and O–H groups in total. The van der Waals surface area contributed by atoms with Crippen molar-refractivity contribution in [2.75, 3.05) is 14.2 Å². The monoisotopic (exact) mass is 166 g/mol. The quantitative estimate of drug-likeness (QED) is 0.601. The molecule has 0 aromatic carbocycles. The minimum absolute atomic E-state index is 0.0116. The van der Waals surface area contributed by atoms with Crippen molar-refractivity contribution >= 4 is 7.60 Å². The van der Waals surface area contributed by atoms with E-state index in [9.17, 15) is 4.57 Å². The predicted molar refractivity (Wildman–Crippen MR) is 41.4 cm³/mol. The molecule has 0 saturated carbocycles. The molecule has 0 fully saturated rings. The van der Waals surface area contributed by atoms with E-state index < -0.39 is 7.60 Å². The van der Waals surface area contributed by atoms with Crippen molar-refractivity contribution in [2.45, 2.75) is 25.9 Å². The first-order valence-electron chi connectivity index (χ1n) is 3.32. The Bertz CT molecular complexity index is 127. The van der Waals surface area contributed by atoms with Gasteiger partial charge in [-0.05, 0) is 6.42 Å². The average Bonchev–Trinajstić information content (AvgIpc) is 2.01. The SMILES string of the molecule is CCC(C)P(=O)(OC)OC. The van der Waals surface area contributed by atoms with Gasteiger partial charge in [0.05, 0.1) is 5.66 Å². The van der Waals surface area contributed by atoms with Crippen LogP contribution < -0.4 is 0 Å². The Hall–Kier alpha value is 0.150. The molecule has 10 heavy (non-hydrogen) atoms. The average molecular weight is 166 g/mol. The smallest absolute Gasteiger partial charge is 0.312 e. The normalized spacial score (nSPS) is 15.2. The Morgan fingerprint density at radius 2 is 1.80 bits per heavy atom. The van der Waals surface area contributed by atoms with E-state index in [2.05, 4.69) is 0 Å². The van der Waals surface area contributed by atoms with Crippen molar-refractivity contribution in [1.82, 2.24) is 0 Å². The summed E-state index contributed by atoms with van der Waals surface area (Å²) in [4.78, 5) is 0. The van der Waals surface area contributed by atoms with E-state index in [1.165, 1.54) is 14.2 Å². The van der Waals surface area contributed by atoms with E-state index in [-0.39, 0.29) is 5.66 Å². The van der Waals surface area contributed by atoms with Crippen molar-refractivity contribution in [3.63, 3.8) is 0 Å². The zero-order chi connectivity index (χ0) is 8.20. The highest BCUT2D eigenvalue weighted by Gasteiger charge is 2.27. The van der Waals surface area contributed by atoms with Crippen LogP contribution in [0, 0.1) is 0 Å². The first kappa shape index (κ1) is 10.2. The van der Waals surface area contributed by atoms with E-state index >= 15 is 0 Å². The van der Waals surface area contributed by atoms with Crippen LogP contribution in [-0.2, 0) is 13.6 Å². The fourth-order valence-corrected chi connectivity index (χ4v) is 1.97. The van der Waals surface area contributed by atoms with Gasteiger partial charge >= 0.3 is 7.60 Å². The van der Waals surface area contributed by atoms with Crippen molar-refractivity contribution < 1.29 is 13.6 Å². The molecule has 3 nitrogen and oxygen atoms in total. The molecular weight excluding hydrogens is 151 g/mol. The summed E-state index contributed by atoms with van der Waals surface area (Å²) in [5.41, 5.74) is -0.0116. The first-order valence-corrected chi connectivity index (χ1v) is 4.93. The van der Waals surface area contributed by atoms with Gasteiger partial charge in [-0.3, -0.25) is 4.57 Å². The molecule has 0 amide bonds. The standard InChI is InChI=1S/C6H15O3P/c1-5-6(2)10(7,8-3)9-4/h6H,5H2,1-4H3. The lowest BCUT2D eigenvalue weighted by Gasteiger charge is -2.18. The van der Waals surface area contributed by atoms with Gasteiger partial charge in [-0.15, -0.1) is 0 Å². The van der Waals surface area contributed by atoms with E-state index in [1.807, 2.05) is 13.8 Å². The number of rotatable bonds is 4. The summed E-state index contributed by atoms with van der Waals surface area (Å²) >= 11 is 0. The third kappa shape index (κ3) is 2.08. The first-order chi connectivity index (χ1) is 4.60. The summed E-state index contributed by atoms with van der Waals surface area (Å²) in [6.07, 6.45) is 0.805. The van der Waals surface area contributed by atoms with Crippen LogP contribution in [0.2, 0.25) is 0 Å². The van der Waals surface area contributed by atoms with Crippen LogP contribution in [0.3, 0.4) is 0 Å². The molecule has 0 spiro atoms.